The average Bonchev–Trinajstić information content (AvgIpc) is 2.42. The van der Waals surface area contributed by atoms with Crippen LogP contribution in [0.2, 0.25) is 0 Å². The quantitative estimate of drug-likeness (QED) is 0.766. The molecule has 0 aliphatic heterocycles. The van der Waals surface area contributed by atoms with E-state index in [1.807, 2.05) is 38.1 Å². The Hall–Kier alpha value is -1.52. The summed E-state index contributed by atoms with van der Waals surface area (Å²) in [6.45, 7) is 4.00. The number of ether oxygens (including phenoxy) is 2. The Balaban J connectivity index is 0.000000686. The van der Waals surface area contributed by atoms with E-state index in [-0.39, 0.29) is 0 Å². The topological polar surface area (TPSA) is 44.2 Å². The van der Waals surface area contributed by atoms with Crippen molar-refractivity contribution in [1.29, 1.82) is 0 Å². The van der Waals surface area contributed by atoms with Crippen LogP contribution in [0.1, 0.15) is 25.8 Å². The van der Waals surface area contributed by atoms with Gasteiger partial charge in [-0.05, 0) is 24.3 Å². The monoisotopic (exact) mass is 234 g/mol. The molecule has 0 fully saturated rings. The molecule has 2 rings (SSSR count). The maximum Gasteiger partial charge on any atom is 0.200 e. The number of fused-ring (bicyclic) bond motifs is 1. The molecule has 0 N–H and O–H groups in total. The zero-order valence-electron chi connectivity index (χ0n) is 10.7. The van der Waals surface area contributed by atoms with Crippen LogP contribution in [0.25, 0.3) is 11.0 Å². The van der Waals surface area contributed by atoms with Gasteiger partial charge < -0.3 is 9.47 Å². The molecule has 0 bridgehead atoms. The minimum atomic E-state index is -0.434. The fourth-order valence-corrected chi connectivity index (χ4v) is 1.44. The van der Waals surface area contributed by atoms with E-state index in [1.165, 1.54) is 0 Å². The maximum absolute atomic E-state index is 5.12. The molecule has 0 aliphatic rings. The molecule has 0 saturated heterocycles. The van der Waals surface area contributed by atoms with Crippen molar-refractivity contribution in [2.75, 3.05) is 14.2 Å². The Morgan fingerprint density at radius 3 is 2.41 bits per heavy atom. The second-order valence-electron chi connectivity index (χ2n) is 3.09. The van der Waals surface area contributed by atoms with Gasteiger partial charge in [-0.2, -0.15) is 0 Å². The van der Waals surface area contributed by atoms with Crippen molar-refractivity contribution >= 4 is 11.0 Å². The van der Waals surface area contributed by atoms with Crippen molar-refractivity contribution in [3.05, 3.63) is 36.2 Å². The first-order valence-electron chi connectivity index (χ1n) is 5.62. The van der Waals surface area contributed by atoms with E-state index in [4.69, 9.17) is 9.47 Å². The molecule has 0 saturated carbocycles. The Morgan fingerprint density at radius 2 is 1.76 bits per heavy atom. The molecular formula is C13H18N2O2. The van der Waals surface area contributed by atoms with Crippen molar-refractivity contribution in [3.63, 3.8) is 0 Å². The summed E-state index contributed by atoms with van der Waals surface area (Å²) in [7, 11) is 3.16. The van der Waals surface area contributed by atoms with Gasteiger partial charge in [-0.15, -0.1) is 0 Å². The highest BCUT2D eigenvalue weighted by molar-refractivity contribution is 5.74. The van der Waals surface area contributed by atoms with Crippen LogP contribution in [0.3, 0.4) is 0 Å². The molecule has 4 nitrogen and oxygen atoms in total. The first-order valence-corrected chi connectivity index (χ1v) is 5.62. The predicted octanol–water partition coefficient (Wildman–Crippen LogP) is 2.95. The smallest absolute Gasteiger partial charge is 0.200 e. The summed E-state index contributed by atoms with van der Waals surface area (Å²) >= 11 is 0. The zero-order chi connectivity index (χ0) is 12.7. The standard InChI is InChI=1S/C11H12N2O2.C2H6/c1-14-11(15-2)9-6-5-8-4-3-7-12-10(8)13-9;1-2/h3-7,11H,1-2H3;1-2H3. The first kappa shape index (κ1) is 13.5. The van der Waals surface area contributed by atoms with E-state index < -0.39 is 6.29 Å². The van der Waals surface area contributed by atoms with Crippen molar-refractivity contribution in [3.8, 4) is 0 Å². The Morgan fingerprint density at radius 1 is 1.06 bits per heavy atom. The summed E-state index contributed by atoms with van der Waals surface area (Å²) in [5.41, 5.74) is 1.43. The number of pyridine rings is 2. The van der Waals surface area contributed by atoms with E-state index in [0.717, 1.165) is 11.1 Å². The van der Waals surface area contributed by atoms with Gasteiger partial charge in [-0.1, -0.05) is 13.8 Å². The molecule has 92 valence electrons. The number of hydrogen-bond acceptors (Lipinski definition) is 4. The lowest BCUT2D eigenvalue weighted by Crippen LogP contribution is -2.06. The summed E-state index contributed by atoms with van der Waals surface area (Å²) in [4.78, 5) is 8.53. The van der Waals surface area contributed by atoms with E-state index >= 15 is 0 Å². The highest BCUT2D eigenvalue weighted by Crippen LogP contribution is 2.17. The molecule has 2 aromatic heterocycles. The molecule has 2 aromatic rings. The van der Waals surface area contributed by atoms with E-state index in [9.17, 15) is 0 Å². The van der Waals surface area contributed by atoms with Gasteiger partial charge in [0.25, 0.3) is 0 Å². The summed E-state index contributed by atoms with van der Waals surface area (Å²) < 4.78 is 10.2. The molecule has 0 aliphatic carbocycles. The van der Waals surface area contributed by atoms with Crippen molar-refractivity contribution < 1.29 is 9.47 Å². The molecule has 0 atom stereocenters. The number of nitrogens with zero attached hydrogens (tertiary/aromatic N) is 2. The molecule has 0 amide bonds. The van der Waals surface area contributed by atoms with Crippen LogP contribution in [0.15, 0.2) is 30.5 Å². The van der Waals surface area contributed by atoms with Gasteiger partial charge in [0, 0.05) is 25.8 Å². The third-order valence-electron chi connectivity index (χ3n) is 2.16. The Kier molecular flexibility index (Phi) is 5.52. The first-order chi connectivity index (χ1) is 8.35. The van der Waals surface area contributed by atoms with E-state index in [2.05, 4.69) is 9.97 Å². The van der Waals surface area contributed by atoms with Crippen LogP contribution in [0, 0.1) is 0 Å². The number of methoxy groups -OCH3 is 2. The van der Waals surface area contributed by atoms with Crippen LogP contribution in [0.4, 0.5) is 0 Å². The Labute approximate surface area is 102 Å². The summed E-state index contributed by atoms with van der Waals surface area (Å²) in [6, 6.07) is 7.68. The lowest BCUT2D eigenvalue weighted by atomic mass is 10.2. The fourth-order valence-electron chi connectivity index (χ4n) is 1.44. The average molecular weight is 234 g/mol. The van der Waals surface area contributed by atoms with Gasteiger partial charge in [0.15, 0.2) is 5.65 Å². The third-order valence-corrected chi connectivity index (χ3v) is 2.16. The SMILES string of the molecule is CC.COC(OC)c1ccc2cccnc2n1. The van der Waals surface area contributed by atoms with Gasteiger partial charge in [-0.25, -0.2) is 9.97 Å². The molecule has 4 heteroatoms. The van der Waals surface area contributed by atoms with Gasteiger partial charge in [0.2, 0.25) is 6.29 Å². The third kappa shape index (κ3) is 3.22. The summed E-state index contributed by atoms with van der Waals surface area (Å²) in [6.07, 6.45) is 1.28. The van der Waals surface area contributed by atoms with Crippen molar-refractivity contribution in [2.45, 2.75) is 20.1 Å². The second kappa shape index (κ2) is 6.93. The van der Waals surface area contributed by atoms with Crippen LogP contribution in [-0.2, 0) is 9.47 Å². The highest BCUT2D eigenvalue weighted by atomic mass is 16.7. The maximum atomic E-state index is 5.12. The van der Waals surface area contributed by atoms with Gasteiger partial charge in [0.05, 0.1) is 5.69 Å². The Bertz CT molecular complexity index is 456. The van der Waals surface area contributed by atoms with Crippen molar-refractivity contribution in [1.82, 2.24) is 9.97 Å². The molecule has 17 heavy (non-hydrogen) atoms. The second-order valence-corrected chi connectivity index (χ2v) is 3.09. The lowest BCUT2D eigenvalue weighted by Gasteiger charge is -2.12. The molecule has 0 radical (unpaired) electrons. The minimum Gasteiger partial charge on any atom is -0.350 e. The van der Waals surface area contributed by atoms with Crippen LogP contribution >= 0.6 is 0 Å². The largest absolute Gasteiger partial charge is 0.350 e. The van der Waals surface area contributed by atoms with Crippen LogP contribution < -0.4 is 0 Å². The van der Waals surface area contributed by atoms with Gasteiger partial charge >= 0.3 is 0 Å². The predicted molar refractivity (Wildman–Crippen MR) is 67.6 cm³/mol. The zero-order valence-corrected chi connectivity index (χ0v) is 10.7. The van der Waals surface area contributed by atoms with E-state index in [0.29, 0.717) is 5.65 Å². The summed E-state index contributed by atoms with van der Waals surface area (Å²) in [5.74, 6) is 0. The normalized spacial score (nSPS) is 10.2. The van der Waals surface area contributed by atoms with E-state index in [1.54, 1.807) is 20.4 Å². The van der Waals surface area contributed by atoms with Crippen LogP contribution in [-0.4, -0.2) is 24.2 Å². The van der Waals surface area contributed by atoms with Crippen LogP contribution in [0.5, 0.6) is 0 Å². The number of hydrogen-bond donors (Lipinski definition) is 0. The number of aromatic nitrogens is 2. The molecule has 2 heterocycles. The minimum absolute atomic E-state index is 0.434. The summed E-state index contributed by atoms with van der Waals surface area (Å²) in [5, 5.41) is 1.01. The lowest BCUT2D eigenvalue weighted by molar-refractivity contribution is -0.108. The van der Waals surface area contributed by atoms with Gasteiger partial charge in [-0.3, -0.25) is 0 Å². The molecule has 0 aromatic carbocycles. The molecule has 0 unspecified atom stereocenters. The molecule has 0 spiro atoms. The molecular weight excluding hydrogens is 216 g/mol. The van der Waals surface area contributed by atoms with Gasteiger partial charge in [0.1, 0.15) is 0 Å². The van der Waals surface area contributed by atoms with Crippen molar-refractivity contribution in [2.24, 2.45) is 0 Å². The number of rotatable bonds is 3. The highest BCUT2D eigenvalue weighted by Gasteiger charge is 2.10. The fraction of sp³-hybridized carbons (Fsp3) is 0.385.